The molecule has 0 bridgehead atoms. The predicted molar refractivity (Wildman–Crippen MR) is 95.2 cm³/mol. The van der Waals surface area contributed by atoms with Gasteiger partial charge < -0.3 is 10.4 Å². The van der Waals surface area contributed by atoms with Crippen LogP contribution in [0.25, 0.3) is 0 Å². The molecule has 2 N–H and O–H groups in total. The Balaban J connectivity index is 1.75. The molecule has 2 rings (SSSR count). The van der Waals surface area contributed by atoms with Crippen molar-refractivity contribution in [2.24, 2.45) is 11.8 Å². The predicted octanol–water partition coefficient (Wildman–Crippen LogP) is 2.68. The fourth-order valence-corrected chi connectivity index (χ4v) is 3.67. The molecule has 0 spiro atoms. The number of likely N-dealkylation sites (tertiary alicyclic amines) is 1. The Morgan fingerprint density at radius 2 is 2.13 bits per heavy atom. The number of hydrogen-bond donors (Lipinski definition) is 2. The normalized spacial score (nSPS) is 24.0. The third-order valence-corrected chi connectivity index (χ3v) is 5.28. The van der Waals surface area contributed by atoms with Crippen LogP contribution in [0.4, 0.5) is 0 Å². The summed E-state index contributed by atoms with van der Waals surface area (Å²) < 4.78 is 0. The zero-order chi connectivity index (χ0) is 16.7. The highest BCUT2D eigenvalue weighted by atomic mass is 16.3. The average molecular weight is 319 g/mol. The third kappa shape index (κ3) is 5.55. The van der Waals surface area contributed by atoms with E-state index in [9.17, 15) is 5.11 Å². The van der Waals surface area contributed by atoms with Crippen molar-refractivity contribution in [3.63, 3.8) is 0 Å². The van der Waals surface area contributed by atoms with E-state index in [0.29, 0.717) is 17.9 Å². The van der Waals surface area contributed by atoms with Crippen LogP contribution in [0.2, 0.25) is 0 Å². The number of rotatable bonds is 8. The van der Waals surface area contributed by atoms with E-state index in [1.165, 1.54) is 0 Å². The Morgan fingerprint density at radius 3 is 2.74 bits per heavy atom. The highest BCUT2D eigenvalue weighted by Crippen LogP contribution is 2.19. The van der Waals surface area contributed by atoms with E-state index >= 15 is 0 Å². The first-order chi connectivity index (χ1) is 11.1. The second kappa shape index (κ2) is 9.36. The van der Waals surface area contributed by atoms with Crippen LogP contribution < -0.4 is 5.32 Å². The van der Waals surface area contributed by atoms with Gasteiger partial charge in [0.1, 0.15) is 0 Å². The van der Waals surface area contributed by atoms with Gasteiger partial charge in [-0.15, -0.1) is 0 Å². The first-order valence-electron chi connectivity index (χ1n) is 9.17. The first-order valence-corrected chi connectivity index (χ1v) is 9.17. The molecule has 23 heavy (non-hydrogen) atoms. The number of aliphatic hydroxyl groups is 1. The molecule has 0 saturated carbocycles. The van der Waals surface area contributed by atoms with E-state index in [2.05, 4.69) is 48.1 Å². The van der Waals surface area contributed by atoms with Crippen LogP contribution in [-0.2, 0) is 6.54 Å². The lowest BCUT2D eigenvalue weighted by Gasteiger charge is -2.38. The van der Waals surface area contributed by atoms with Crippen LogP contribution in [0, 0.1) is 11.8 Å². The maximum Gasteiger partial charge on any atom is 0.0692 e. The van der Waals surface area contributed by atoms with Gasteiger partial charge in [-0.25, -0.2) is 0 Å². The monoisotopic (exact) mass is 319 g/mol. The molecule has 1 aromatic rings. The van der Waals surface area contributed by atoms with Crippen LogP contribution >= 0.6 is 0 Å². The number of nitrogens with zero attached hydrogens (tertiary/aromatic N) is 2. The summed E-state index contributed by atoms with van der Waals surface area (Å²) in [5, 5.41) is 13.9. The Hall–Kier alpha value is -0.970. The van der Waals surface area contributed by atoms with Gasteiger partial charge >= 0.3 is 0 Å². The highest BCUT2D eigenvalue weighted by Gasteiger charge is 2.27. The molecule has 0 radical (unpaired) electrons. The standard InChI is InChI=1S/C19H33N3O/c1-4-16(5-2)19(23)12-21-18-9-11-22(13-15(18)3)14-17-8-6-7-10-20-17/h6-8,10,15-16,18-19,21,23H,4-5,9,11-14H2,1-3H3. The fraction of sp³-hybridized carbons (Fsp3) is 0.737. The van der Waals surface area contributed by atoms with Crippen molar-refractivity contribution in [1.82, 2.24) is 15.2 Å². The number of nitrogens with one attached hydrogen (secondary N) is 1. The summed E-state index contributed by atoms with van der Waals surface area (Å²) in [6, 6.07) is 6.63. The first kappa shape index (κ1) is 18.4. The van der Waals surface area contributed by atoms with Crippen LogP contribution in [0.15, 0.2) is 24.4 Å². The number of aliphatic hydroxyl groups excluding tert-OH is 1. The molecule has 0 aliphatic carbocycles. The fourth-order valence-electron chi connectivity index (χ4n) is 3.67. The van der Waals surface area contributed by atoms with Crippen molar-refractivity contribution in [2.45, 2.75) is 58.7 Å². The number of piperidine rings is 1. The quantitative estimate of drug-likeness (QED) is 0.773. The smallest absolute Gasteiger partial charge is 0.0692 e. The van der Waals surface area contributed by atoms with Gasteiger partial charge in [0, 0.05) is 38.4 Å². The molecule has 0 aromatic carbocycles. The second-order valence-corrected chi connectivity index (χ2v) is 6.98. The molecular weight excluding hydrogens is 286 g/mol. The van der Waals surface area contributed by atoms with Gasteiger partial charge in [-0.1, -0.05) is 39.7 Å². The van der Waals surface area contributed by atoms with Crippen molar-refractivity contribution in [2.75, 3.05) is 19.6 Å². The molecule has 1 aliphatic heterocycles. The van der Waals surface area contributed by atoms with Gasteiger partial charge in [0.15, 0.2) is 0 Å². The molecule has 130 valence electrons. The van der Waals surface area contributed by atoms with Crippen molar-refractivity contribution in [3.8, 4) is 0 Å². The van der Waals surface area contributed by atoms with Crippen molar-refractivity contribution < 1.29 is 5.11 Å². The molecular formula is C19H33N3O. The molecule has 1 aromatic heterocycles. The second-order valence-electron chi connectivity index (χ2n) is 6.98. The minimum Gasteiger partial charge on any atom is -0.392 e. The van der Waals surface area contributed by atoms with E-state index in [1.54, 1.807) is 0 Å². The third-order valence-electron chi connectivity index (χ3n) is 5.28. The average Bonchev–Trinajstić information content (AvgIpc) is 2.56. The molecule has 2 heterocycles. The van der Waals surface area contributed by atoms with Gasteiger partial charge in [0.2, 0.25) is 0 Å². The number of hydrogen-bond acceptors (Lipinski definition) is 4. The molecule has 1 fully saturated rings. The summed E-state index contributed by atoms with van der Waals surface area (Å²) in [5.41, 5.74) is 1.15. The van der Waals surface area contributed by atoms with E-state index in [0.717, 1.165) is 51.1 Å². The Morgan fingerprint density at radius 1 is 1.35 bits per heavy atom. The van der Waals surface area contributed by atoms with Crippen LogP contribution in [0.3, 0.4) is 0 Å². The maximum absolute atomic E-state index is 10.3. The van der Waals surface area contributed by atoms with Gasteiger partial charge in [-0.2, -0.15) is 0 Å². The molecule has 0 amide bonds. The van der Waals surface area contributed by atoms with Gasteiger partial charge in [-0.3, -0.25) is 9.88 Å². The Kier molecular flexibility index (Phi) is 7.47. The van der Waals surface area contributed by atoms with Crippen molar-refractivity contribution >= 4 is 0 Å². The van der Waals surface area contributed by atoms with E-state index in [-0.39, 0.29) is 6.10 Å². The summed E-state index contributed by atoms with van der Waals surface area (Å²) in [6.45, 7) is 10.5. The summed E-state index contributed by atoms with van der Waals surface area (Å²) in [7, 11) is 0. The van der Waals surface area contributed by atoms with Gasteiger partial charge in [-0.05, 0) is 30.4 Å². The Labute approximate surface area is 141 Å². The lowest BCUT2D eigenvalue weighted by atomic mass is 9.92. The summed E-state index contributed by atoms with van der Waals surface area (Å²) >= 11 is 0. The van der Waals surface area contributed by atoms with Crippen molar-refractivity contribution in [1.29, 1.82) is 0 Å². The van der Waals surface area contributed by atoms with E-state index < -0.39 is 0 Å². The zero-order valence-corrected chi connectivity index (χ0v) is 14.9. The van der Waals surface area contributed by atoms with Gasteiger partial charge in [0.05, 0.1) is 11.8 Å². The Bertz CT molecular complexity index is 436. The minimum absolute atomic E-state index is 0.219. The SMILES string of the molecule is CCC(CC)C(O)CNC1CCN(Cc2ccccn2)CC1C. The summed E-state index contributed by atoms with van der Waals surface area (Å²) in [6.07, 6.45) is 4.90. The van der Waals surface area contributed by atoms with Crippen LogP contribution in [-0.4, -0.2) is 46.8 Å². The summed E-state index contributed by atoms with van der Waals surface area (Å²) in [4.78, 5) is 6.91. The molecule has 3 unspecified atom stereocenters. The van der Waals surface area contributed by atoms with E-state index in [1.807, 2.05) is 12.3 Å². The van der Waals surface area contributed by atoms with Crippen LogP contribution in [0.1, 0.15) is 45.7 Å². The lowest BCUT2D eigenvalue weighted by molar-refractivity contribution is 0.0832. The molecule has 4 nitrogen and oxygen atoms in total. The lowest BCUT2D eigenvalue weighted by Crippen LogP contribution is -2.50. The topological polar surface area (TPSA) is 48.4 Å². The maximum atomic E-state index is 10.3. The highest BCUT2D eigenvalue weighted by molar-refractivity contribution is 5.03. The molecule has 1 aliphatic rings. The minimum atomic E-state index is -0.219. The summed E-state index contributed by atoms with van der Waals surface area (Å²) in [5.74, 6) is 1.02. The molecule has 3 atom stereocenters. The molecule has 1 saturated heterocycles. The number of aromatic nitrogens is 1. The van der Waals surface area contributed by atoms with Crippen molar-refractivity contribution in [3.05, 3.63) is 30.1 Å². The van der Waals surface area contributed by atoms with Crippen LogP contribution in [0.5, 0.6) is 0 Å². The zero-order valence-electron chi connectivity index (χ0n) is 14.9. The molecule has 4 heteroatoms. The number of pyridine rings is 1. The largest absolute Gasteiger partial charge is 0.392 e. The van der Waals surface area contributed by atoms with Gasteiger partial charge in [0.25, 0.3) is 0 Å². The van der Waals surface area contributed by atoms with E-state index in [4.69, 9.17) is 0 Å².